The van der Waals surface area contributed by atoms with Gasteiger partial charge < -0.3 is 14.2 Å². The number of rotatable bonds is 3. The number of nitrogens with zero attached hydrogens (tertiary/aromatic N) is 2. The van der Waals surface area contributed by atoms with Gasteiger partial charge in [0.25, 0.3) is 5.91 Å². The number of hydrogen-bond acceptors (Lipinski definition) is 3. The van der Waals surface area contributed by atoms with Crippen LogP contribution in [-0.4, -0.2) is 22.8 Å². The zero-order chi connectivity index (χ0) is 18.8. The third kappa shape index (κ3) is 3.83. The predicted octanol–water partition coefficient (Wildman–Crippen LogP) is 5.38. The van der Waals surface area contributed by atoms with Crippen LogP contribution >= 0.6 is 11.9 Å². The molecule has 0 aliphatic carbocycles. The molecule has 0 bridgehead atoms. The minimum Gasteiger partial charge on any atom is -0.350 e. The molecule has 0 radical (unpaired) electrons. The molecule has 1 fully saturated rings. The van der Waals surface area contributed by atoms with Gasteiger partial charge in [-0.2, -0.15) is 0 Å². The highest BCUT2D eigenvalue weighted by molar-refractivity contribution is 8.00. The van der Waals surface area contributed by atoms with Crippen LogP contribution in [0.3, 0.4) is 0 Å². The number of aromatic nitrogens is 1. The van der Waals surface area contributed by atoms with Gasteiger partial charge in [0, 0.05) is 48.0 Å². The third-order valence-electron chi connectivity index (χ3n) is 5.14. The fourth-order valence-corrected chi connectivity index (χ4v) is 4.65. The molecule has 0 saturated carbocycles. The zero-order valence-electron chi connectivity index (χ0n) is 15.9. The lowest BCUT2D eigenvalue weighted by Crippen LogP contribution is -2.17. The van der Waals surface area contributed by atoms with Crippen LogP contribution in [0.1, 0.15) is 35.2 Å². The summed E-state index contributed by atoms with van der Waals surface area (Å²) >= 11 is 1.90. The Hall–Kier alpha value is -2.40. The number of benzene rings is 2. The number of fused-ring (bicyclic) bond motifs is 1. The molecule has 1 aliphatic heterocycles. The summed E-state index contributed by atoms with van der Waals surface area (Å²) in [6.45, 7) is 3.09. The average molecular weight is 380 g/mol. The van der Waals surface area contributed by atoms with Gasteiger partial charge in [-0.1, -0.05) is 12.5 Å². The largest absolute Gasteiger partial charge is 0.350 e. The fourth-order valence-electron chi connectivity index (χ4n) is 3.57. The van der Waals surface area contributed by atoms with E-state index in [1.165, 1.54) is 36.1 Å². The van der Waals surface area contributed by atoms with Crippen molar-refractivity contribution in [3.8, 4) is 0 Å². The van der Waals surface area contributed by atoms with E-state index >= 15 is 0 Å². The number of hydrogen-bond donors (Lipinski definition) is 1. The van der Waals surface area contributed by atoms with Crippen molar-refractivity contribution in [2.24, 2.45) is 7.05 Å². The van der Waals surface area contributed by atoms with Crippen LogP contribution in [0.15, 0.2) is 48.7 Å². The molecular formula is C22H25N3OS. The second-order valence-electron chi connectivity index (χ2n) is 7.15. The van der Waals surface area contributed by atoms with E-state index in [1.807, 2.05) is 56.4 Å². The number of amides is 1. The van der Waals surface area contributed by atoms with Crippen LogP contribution in [0.2, 0.25) is 0 Å². The van der Waals surface area contributed by atoms with Gasteiger partial charge >= 0.3 is 0 Å². The van der Waals surface area contributed by atoms with Crippen molar-refractivity contribution in [3.05, 3.63) is 59.8 Å². The monoisotopic (exact) mass is 379 g/mol. The first kappa shape index (κ1) is 18.0. The molecule has 2 heterocycles. The van der Waals surface area contributed by atoms with Crippen LogP contribution in [0, 0.1) is 6.92 Å². The highest BCUT2D eigenvalue weighted by atomic mass is 32.2. The van der Waals surface area contributed by atoms with E-state index in [4.69, 9.17) is 0 Å². The van der Waals surface area contributed by atoms with Crippen molar-refractivity contribution in [1.82, 2.24) is 4.57 Å². The second kappa shape index (κ2) is 7.69. The Morgan fingerprint density at radius 1 is 1.07 bits per heavy atom. The fraction of sp³-hybridized carbons (Fsp3) is 0.318. The van der Waals surface area contributed by atoms with Crippen LogP contribution in [-0.2, 0) is 7.05 Å². The highest BCUT2D eigenvalue weighted by Gasteiger charge is 2.15. The van der Waals surface area contributed by atoms with Gasteiger partial charge in [-0.05, 0) is 79.1 Å². The van der Waals surface area contributed by atoms with Gasteiger partial charge in [-0.25, -0.2) is 0 Å². The van der Waals surface area contributed by atoms with Crippen LogP contribution < -0.4 is 9.62 Å². The van der Waals surface area contributed by atoms with Crippen LogP contribution in [0.5, 0.6) is 0 Å². The molecule has 1 aliphatic rings. The van der Waals surface area contributed by atoms with E-state index in [2.05, 4.69) is 32.4 Å². The Kier molecular flexibility index (Phi) is 5.12. The number of nitrogens with one attached hydrogen (secondary N) is 1. The van der Waals surface area contributed by atoms with E-state index in [0.29, 0.717) is 0 Å². The molecule has 1 amide bonds. The van der Waals surface area contributed by atoms with Crippen molar-refractivity contribution < 1.29 is 4.79 Å². The predicted molar refractivity (Wildman–Crippen MR) is 116 cm³/mol. The molecule has 4 nitrogen and oxygen atoms in total. The highest BCUT2D eigenvalue weighted by Crippen LogP contribution is 2.29. The topological polar surface area (TPSA) is 37.3 Å². The zero-order valence-corrected chi connectivity index (χ0v) is 16.7. The second-order valence-corrected chi connectivity index (χ2v) is 8.26. The molecule has 3 aromatic rings. The molecule has 1 saturated heterocycles. The normalized spacial score (nSPS) is 15.0. The van der Waals surface area contributed by atoms with E-state index in [1.54, 1.807) is 0 Å². The van der Waals surface area contributed by atoms with Gasteiger partial charge in [0.2, 0.25) is 0 Å². The molecule has 0 unspecified atom stereocenters. The molecule has 4 rings (SSSR count). The van der Waals surface area contributed by atoms with Crippen LogP contribution in [0.4, 0.5) is 11.4 Å². The maximum atomic E-state index is 12.8. The smallest absolute Gasteiger partial charge is 0.255 e. The average Bonchev–Trinajstić information content (AvgIpc) is 2.86. The number of aryl methyl sites for hydroxylation is 2. The summed E-state index contributed by atoms with van der Waals surface area (Å²) in [5.41, 5.74) is 4.86. The first-order chi connectivity index (χ1) is 13.1. The van der Waals surface area contributed by atoms with Gasteiger partial charge in [-0.3, -0.25) is 4.79 Å². The van der Waals surface area contributed by atoms with Gasteiger partial charge in [0.15, 0.2) is 0 Å². The molecule has 0 atom stereocenters. The Morgan fingerprint density at radius 3 is 2.81 bits per heavy atom. The van der Waals surface area contributed by atoms with E-state index < -0.39 is 0 Å². The lowest BCUT2D eigenvalue weighted by molar-refractivity contribution is 0.102. The van der Waals surface area contributed by atoms with Crippen molar-refractivity contribution >= 4 is 40.1 Å². The van der Waals surface area contributed by atoms with E-state index in [9.17, 15) is 4.79 Å². The summed E-state index contributed by atoms with van der Waals surface area (Å²) < 4.78 is 4.43. The Labute approximate surface area is 164 Å². The summed E-state index contributed by atoms with van der Waals surface area (Å²) in [7, 11) is 2.01. The first-order valence-electron chi connectivity index (χ1n) is 9.49. The summed E-state index contributed by atoms with van der Waals surface area (Å²) in [5, 5.41) is 4.22. The first-order valence-corrected chi connectivity index (χ1v) is 10.4. The molecule has 0 spiro atoms. The third-order valence-corrected chi connectivity index (χ3v) is 6.32. The number of carbonyl (C=O) groups excluding carboxylic acids is 1. The maximum Gasteiger partial charge on any atom is 0.255 e. The molecular weight excluding hydrogens is 354 g/mol. The van der Waals surface area contributed by atoms with Crippen molar-refractivity contribution in [2.45, 2.75) is 26.2 Å². The molecule has 1 N–H and O–H groups in total. The van der Waals surface area contributed by atoms with Gasteiger partial charge in [-0.15, -0.1) is 0 Å². The quantitative estimate of drug-likeness (QED) is 0.621. The standard InChI is InChI=1S/C22H25N3OS/c1-16-14-19(25-11-4-3-5-13-27-25)8-9-20(16)22(26)23-18-7-6-17-10-12-24(2)21(17)15-18/h6-10,12,14-15H,3-5,11,13H2,1-2H3,(H,23,26). The van der Waals surface area contributed by atoms with Crippen molar-refractivity contribution in [1.29, 1.82) is 0 Å². The number of anilines is 2. The lowest BCUT2D eigenvalue weighted by atomic mass is 10.1. The Balaban J connectivity index is 1.53. The molecule has 140 valence electrons. The maximum absolute atomic E-state index is 12.8. The Bertz CT molecular complexity index is 971. The minimum absolute atomic E-state index is 0.0591. The van der Waals surface area contributed by atoms with Crippen molar-refractivity contribution in [2.75, 3.05) is 21.9 Å². The molecule has 5 heteroatoms. The summed E-state index contributed by atoms with van der Waals surface area (Å²) in [5.74, 6) is 1.11. The Morgan fingerprint density at radius 2 is 1.96 bits per heavy atom. The van der Waals surface area contributed by atoms with Crippen molar-refractivity contribution in [3.63, 3.8) is 0 Å². The van der Waals surface area contributed by atoms with Gasteiger partial charge in [0.1, 0.15) is 0 Å². The summed E-state index contributed by atoms with van der Waals surface area (Å²) in [4.78, 5) is 12.8. The van der Waals surface area contributed by atoms with Crippen LogP contribution in [0.25, 0.3) is 10.9 Å². The van der Waals surface area contributed by atoms with E-state index in [-0.39, 0.29) is 5.91 Å². The lowest BCUT2D eigenvalue weighted by Gasteiger charge is -2.22. The molecule has 2 aromatic carbocycles. The number of carbonyl (C=O) groups is 1. The molecule has 27 heavy (non-hydrogen) atoms. The molecule has 1 aromatic heterocycles. The van der Waals surface area contributed by atoms with Gasteiger partial charge in [0.05, 0.1) is 0 Å². The minimum atomic E-state index is -0.0591. The SMILES string of the molecule is Cc1cc(N2CCCCCS2)ccc1C(=O)Nc1ccc2ccn(C)c2c1. The summed E-state index contributed by atoms with van der Waals surface area (Å²) in [6.07, 6.45) is 5.84. The van der Waals surface area contributed by atoms with E-state index in [0.717, 1.165) is 28.9 Å². The summed E-state index contributed by atoms with van der Waals surface area (Å²) in [6, 6.07) is 14.2.